The summed E-state index contributed by atoms with van der Waals surface area (Å²) in [4.78, 5) is 10.8. The van der Waals surface area contributed by atoms with E-state index in [0.717, 1.165) is 6.07 Å². The molecule has 0 heterocycles. The second kappa shape index (κ2) is 6.25. The Bertz CT molecular complexity index is 626. The highest BCUT2D eigenvalue weighted by Gasteiger charge is 2.07. The first-order valence-corrected chi connectivity index (χ1v) is 5.90. The van der Waals surface area contributed by atoms with Crippen molar-refractivity contribution in [3.8, 4) is 0 Å². The molecule has 104 valence electrons. The van der Waals surface area contributed by atoms with Crippen LogP contribution in [0.4, 0.5) is 8.78 Å². The Balaban J connectivity index is 2.01. The Morgan fingerprint density at radius 3 is 2.55 bits per heavy atom. The standard InChI is InChI=1S/C15H12F2O3/c16-13-6-10(5-12(7-13)15(18)19)8-20-9-11-3-1-2-4-14(11)17/h1-7H,8-9H2,(H,18,19). The van der Waals surface area contributed by atoms with E-state index in [0.29, 0.717) is 11.1 Å². The molecule has 0 atom stereocenters. The molecule has 5 heteroatoms. The molecule has 3 nitrogen and oxygen atoms in total. The van der Waals surface area contributed by atoms with Gasteiger partial charge >= 0.3 is 5.97 Å². The highest BCUT2D eigenvalue weighted by Crippen LogP contribution is 2.13. The number of ether oxygens (including phenoxy) is 1. The van der Waals surface area contributed by atoms with Crippen molar-refractivity contribution >= 4 is 5.97 Å². The summed E-state index contributed by atoms with van der Waals surface area (Å²) in [6.45, 7) is 0.0396. The Labute approximate surface area is 114 Å². The molecule has 0 saturated carbocycles. The third-order valence-electron chi connectivity index (χ3n) is 2.69. The van der Waals surface area contributed by atoms with E-state index in [9.17, 15) is 13.6 Å². The van der Waals surface area contributed by atoms with Gasteiger partial charge < -0.3 is 9.84 Å². The summed E-state index contributed by atoms with van der Waals surface area (Å²) in [6.07, 6.45) is 0. The first kappa shape index (κ1) is 14.1. The molecule has 2 rings (SSSR count). The summed E-state index contributed by atoms with van der Waals surface area (Å²) in [5, 5.41) is 8.82. The number of benzene rings is 2. The van der Waals surface area contributed by atoms with Gasteiger partial charge in [0.2, 0.25) is 0 Å². The summed E-state index contributed by atoms with van der Waals surface area (Å²) in [7, 11) is 0. The van der Waals surface area contributed by atoms with Crippen LogP contribution in [0.3, 0.4) is 0 Å². The fourth-order valence-electron chi connectivity index (χ4n) is 1.75. The van der Waals surface area contributed by atoms with Gasteiger partial charge in [0, 0.05) is 5.56 Å². The molecule has 0 bridgehead atoms. The lowest BCUT2D eigenvalue weighted by atomic mass is 10.1. The van der Waals surface area contributed by atoms with E-state index in [1.54, 1.807) is 18.2 Å². The van der Waals surface area contributed by atoms with Crippen LogP contribution >= 0.6 is 0 Å². The second-order valence-corrected chi connectivity index (χ2v) is 4.24. The largest absolute Gasteiger partial charge is 0.478 e. The van der Waals surface area contributed by atoms with Crippen LogP contribution in [0.15, 0.2) is 42.5 Å². The van der Waals surface area contributed by atoms with E-state index >= 15 is 0 Å². The van der Waals surface area contributed by atoms with Crippen LogP contribution in [0.1, 0.15) is 21.5 Å². The minimum atomic E-state index is -1.21. The summed E-state index contributed by atoms with van der Waals surface area (Å²) in [5.41, 5.74) is 0.635. The van der Waals surface area contributed by atoms with Gasteiger partial charge in [-0.05, 0) is 29.8 Å². The summed E-state index contributed by atoms with van der Waals surface area (Å²) < 4.78 is 31.8. The smallest absolute Gasteiger partial charge is 0.335 e. The quantitative estimate of drug-likeness (QED) is 0.912. The molecule has 0 fully saturated rings. The molecule has 0 aliphatic carbocycles. The van der Waals surface area contributed by atoms with Crippen LogP contribution in [0.2, 0.25) is 0 Å². The highest BCUT2D eigenvalue weighted by atomic mass is 19.1. The van der Waals surface area contributed by atoms with E-state index < -0.39 is 11.8 Å². The zero-order chi connectivity index (χ0) is 14.5. The molecule has 20 heavy (non-hydrogen) atoms. The van der Waals surface area contributed by atoms with E-state index in [2.05, 4.69) is 0 Å². The van der Waals surface area contributed by atoms with Crippen molar-refractivity contribution in [1.29, 1.82) is 0 Å². The Kier molecular flexibility index (Phi) is 4.42. The predicted molar refractivity (Wildman–Crippen MR) is 68.3 cm³/mol. The molecule has 2 aromatic carbocycles. The lowest BCUT2D eigenvalue weighted by Gasteiger charge is -2.06. The fraction of sp³-hybridized carbons (Fsp3) is 0.133. The average molecular weight is 278 g/mol. The number of carboxylic acids is 1. The zero-order valence-corrected chi connectivity index (χ0v) is 10.5. The van der Waals surface area contributed by atoms with Gasteiger partial charge in [-0.3, -0.25) is 0 Å². The van der Waals surface area contributed by atoms with E-state index in [1.807, 2.05) is 0 Å². The van der Waals surface area contributed by atoms with Crippen molar-refractivity contribution in [3.05, 3.63) is 70.8 Å². The van der Waals surface area contributed by atoms with E-state index in [-0.39, 0.29) is 24.6 Å². The van der Waals surface area contributed by atoms with Gasteiger partial charge in [-0.25, -0.2) is 13.6 Å². The van der Waals surface area contributed by atoms with Crippen LogP contribution in [-0.2, 0) is 18.0 Å². The van der Waals surface area contributed by atoms with Gasteiger partial charge in [-0.15, -0.1) is 0 Å². The SMILES string of the molecule is O=C(O)c1cc(F)cc(COCc2ccccc2F)c1. The normalized spacial score (nSPS) is 10.5. The predicted octanol–water partition coefficient (Wildman–Crippen LogP) is 3.38. The molecule has 0 aromatic heterocycles. The molecule has 0 aliphatic heterocycles. The van der Waals surface area contributed by atoms with Crippen LogP contribution < -0.4 is 0 Å². The van der Waals surface area contributed by atoms with Gasteiger partial charge in [0.15, 0.2) is 0 Å². The maximum Gasteiger partial charge on any atom is 0.335 e. The maximum absolute atomic E-state index is 13.3. The van der Waals surface area contributed by atoms with Crippen molar-refractivity contribution < 1.29 is 23.4 Å². The number of hydrogen-bond acceptors (Lipinski definition) is 2. The Hall–Kier alpha value is -2.27. The summed E-state index contributed by atoms with van der Waals surface area (Å²) >= 11 is 0. The minimum absolute atomic E-state index is 0.00632. The van der Waals surface area contributed by atoms with Gasteiger partial charge in [0.1, 0.15) is 11.6 Å². The lowest BCUT2D eigenvalue weighted by molar-refractivity contribution is 0.0695. The zero-order valence-electron chi connectivity index (χ0n) is 10.5. The molecule has 0 radical (unpaired) electrons. The Morgan fingerprint density at radius 2 is 1.85 bits per heavy atom. The molecule has 1 N–H and O–H groups in total. The van der Waals surface area contributed by atoms with Crippen molar-refractivity contribution in [3.63, 3.8) is 0 Å². The van der Waals surface area contributed by atoms with Crippen LogP contribution in [0.5, 0.6) is 0 Å². The molecule has 0 amide bonds. The summed E-state index contributed by atoms with van der Waals surface area (Å²) in [5.74, 6) is -2.23. The second-order valence-electron chi connectivity index (χ2n) is 4.24. The Morgan fingerprint density at radius 1 is 1.10 bits per heavy atom. The van der Waals surface area contributed by atoms with Crippen LogP contribution in [-0.4, -0.2) is 11.1 Å². The van der Waals surface area contributed by atoms with E-state index in [4.69, 9.17) is 9.84 Å². The molecular weight excluding hydrogens is 266 g/mol. The highest BCUT2D eigenvalue weighted by molar-refractivity contribution is 5.87. The third kappa shape index (κ3) is 3.61. The van der Waals surface area contributed by atoms with Crippen molar-refractivity contribution in [2.75, 3.05) is 0 Å². The monoisotopic (exact) mass is 278 g/mol. The van der Waals surface area contributed by atoms with Crippen LogP contribution in [0, 0.1) is 11.6 Å². The molecule has 0 spiro atoms. The number of hydrogen-bond donors (Lipinski definition) is 1. The van der Waals surface area contributed by atoms with Crippen molar-refractivity contribution in [2.24, 2.45) is 0 Å². The molecule has 2 aromatic rings. The summed E-state index contributed by atoms with van der Waals surface area (Å²) in [6, 6.07) is 9.62. The lowest BCUT2D eigenvalue weighted by Crippen LogP contribution is -2.01. The van der Waals surface area contributed by atoms with Gasteiger partial charge in [-0.2, -0.15) is 0 Å². The maximum atomic E-state index is 13.3. The van der Waals surface area contributed by atoms with Gasteiger partial charge in [-0.1, -0.05) is 18.2 Å². The van der Waals surface area contributed by atoms with Gasteiger partial charge in [0.05, 0.1) is 18.8 Å². The molecular formula is C15H12F2O3. The van der Waals surface area contributed by atoms with Crippen LogP contribution in [0.25, 0.3) is 0 Å². The first-order chi connectivity index (χ1) is 9.56. The number of halogens is 2. The van der Waals surface area contributed by atoms with Crippen molar-refractivity contribution in [2.45, 2.75) is 13.2 Å². The van der Waals surface area contributed by atoms with Gasteiger partial charge in [0.25, 0.3) is 0 Å². The molecule has 0 aliphatic rings. The van der Waals surface area contributed by atoms with E-state index in [1.165, 1.54) is 18.2 Å². The minimum Gasteiger partial charge on any atom is -0.478 e. The number of carboxylic acid groups (broad SMARTS) is 1. The first-order valence-electron chi connectivity index (χ1n) is 5.90. The number of aromatic carboxylic acids is 1. The molecule has 0 saturated heterocycles. The number of carbonyl (C=O) groups is 1. The van der Waals surface area contributed by atoms with Crippen molar-refractivity contribution in [1.82, 2.24) is 0 Å². The average Bonchev–Trinajstić information content (AvgIpc) is 2.40. The number of rotatable bonds is 5. The third-order valence-corrected chi connectivity index (χ3v) is 2.69. The fourth-order valence-corrected chi connectivity index (χ4v) is 1.75. The molecule has 0 unspecified atom stereocenters. The topological polar surface area (TPSA) is 46.5 Å².